The van der Waals surface area contributed by atoms with Crippen molar-refractivity contribution in [3.63, 3.8) is 0 Å². The normalized spacial score (nSPS) is 24.4. The molecule has 3 nitrogen and oxygen atoms in total. The van der Waals surface area contributed by atoms with Gasteiger partial charge >= 0.3 is 0 Å². The highest BCUT2D eigenvalue weighted by Gasteiger charge is 2.49. The van der Waals surface area contributed by atoms with Gasteiger partial charge in [0.05, 0.1) is 32.7 Å². The van der Waals surface area contributed by atoms with Gasteiger partial charge in [-0.1, -0.05) is 56.7 Å². The third-order valence-electron chi connectivity index (χ3n) is 7.70. The number of hydrogen-bond acceptors (Lipinski definition) is 2. The van der Waals surface area contributed by atoms with Crippen molar-refractivity contribution in [3.05, 3.63) is 65.2 Å². The van der Waals surface area contributed by atoms with Crippen molar-refractivity contribution in [3.8, 4) is 5.75 Å². The molecule has 0 bridgehead atoms. The second kappa shape index (κ2) is 11.3. The molecule has 3 unspecified atom stereocenters. The Kier molecular flexibility index (Phi) is 8.79. The first-order valence-corrected chi connectivity index (χ1v) is 12.3. The molecule has 2 aliphatic rings. The molecule has 4 heteroatoms. The Labute approximate surface area is 200 Å². The lowest BCUT2D eigenvalue weighted by Crippen LogP contribution is -3.14. The summed E-state index contributed by atoms with van der Waals surface area (Å²) in [6.45, 7) is 8.39. The highest BCUT2D eigenvalue weighted by Crippen LogP contribution is 2.49. The monoisotopic (exact) mass is 455 g/mol. The number of ether oxygens (including phenoxy) is 1. The molecule has 0 radical (unpaired) electrons. The van der Waals surface area contributed by atoms with Crippen LogP contribution in [0.3, 0.4) is 0 Å². The summed E-state index contributed by atoms with van der Waals surface area (Å²) in [4.78, 5) is 14.5. The van der Waals surface area contributed by atoms with Crippen LogP contribution in [0, 0.1) is 5.92 Å². The lowest BCUT2D eigenvalue weighted by Gasteiger charge is -2.42. The van der Waals surface area contributed by atoms with E-state index >= 15 is 0 Å². The van der Waals surface area contributed by atoms with Gasteiger partial charge in [-0.3, -0.25) is 4.79 Å². The Hall–Kier alpha value is -1.84. The summed E-state index contributed by atoms with van der Waals surface area (Å²) >= 11 is 0. The fraction of sp³-hybridized carbons (Fsp3) is 0.536. The highest BCUT2D eigenvalue weighted by molar-refractivity contribution is 5.97. The van der Waals surface area contributed by atoms with Crippen molar-refractivity contribution in [2.45, 2.75) is 64.2 Å². The fourth-order valence-corrected chi connectivity index (χ4v) is 6.01. The van der Waals surface area contributed by atoms with Crippen molar-refractivity contribution in [1.29, 1.82) is 0 Å². The molecule has 0 aromatic heterocycles. The molecule has 2 fully saturated rings. The van der Waals surface area contributed by atoms with Crippen LogP contribution in [0.15, 0.2) is 48.5 Å². The Morgan fingerprint density at radius 3 is 2.78 bits per heavy atom. The van der Waals surface area contributed by atoms with Crippen molar-refractivity contribution in [2.24, 2.45) is 5.92 Å². The van der Waals surface area contributed by atoms with E-state index in [1.54, 1.807) is 4.90 Å². The van der Waals surface area contributed by atoms with Crippen LogP contribution in [0.4, 0.5) is 0 Å². The number of carbonyl (C=O) groups is 1. The summed E-state index contributed by atoms with van der Waals surface area (Å²) in [7, 11) is 0. The molecular formula is C28H38ClNO2. The molecule has 4 rings (SSSR count). The van der Waals surface area contributed by atoms with Gasteiger partial charge in [-0.15, -0.1) is 0 Å². The lowest BCUT2D eigenvalue weighted by atomic mass is 9.67. The van der Waals surface area contributed by atoms with Gasteiger partial charge in [-0.25, -0.2) is 0 Å². The van der Waals surface area contributed by atoms with Crippen LogP contribution < -0.4 is 22.0 Å². The number of rotatable bonds is 9. The van der Waals surface area contributed by atoms with E-state index in [0.717, 1.165) is 43.2 Å². The predicted octanol–water partition coefficient (Wildman–Crippen LogP) is 1.64. The number of Topliss-reactive ketones (excluding diaryl/α,β-unsaturated/α-hetero) is 1. The van der Waals surface area contributed by atoms with Crippen molar-refractivity contribution < 1.29 is 26.8 Å². The zero-order valence-electron chi connectivity index (χ0n) is 19.7. The molecule has 2 aromatic rings. The number of nitrogens with one attached hydrogen (secondary N) is 1. The van der Waals surface area contributed by atoms with Gasteiger partial charge in [0.1, 0.15) is 5.75 Å². The molecule has 1 aliphatic carbocycles. The van der Waals surface area contributed by atoms with Gasteiger partial charge in [-0.2, -0.15) is 0 Å². The van der Waals surface area contributed by atoms with Crippen molar-refractivity contribution in [2.75, 3.05) is 26.2 Å². The molecule has 3 atom stereocenters. The molecule has 1 heterocycles. The number of quaternary nitrogens is 1. The lowest BCUT2D eigenvalue weighted by molar-refractivity contribution is -0.909. The number of benzene rings is 2. The summed E-state index contributed by atoms with van der Waals surface area (Å²) in [6.07, 6.45) is 7.78. The van der Waals surface area contributed by atoms with Crippen LogP contribution in [-0.4, -0.2) is 32.0 Å². The third-order valence-corrected chi connectivity index (χ3v) is 7.70. The number of likely N-dealkylation sites (tertiary alicyclic amines) is 1. The predicted molar refractivity (Wildman–Crippen MR) is 126 cm³/mol. The van der Waals surface area contributed by atoms with Crippen LogP contribution in [0.1, 0.15) is 73.9 Å². The summed E-state index contributed by atoms with van der Waals surface area (Å²) in [5.74, 6) is 2.05. The van der Waals surface area contributed by atoms with Gasteiger partial charge in [0.25, 0.3) is 0 Å². The van der Waals surface area contributed by atoms with E-state index in [0.29, 0.717) is 17.6 Å². The number of aryl methyl sites for hydroxylation is 1. The molecule has 1 saturated carbocycles. The molecule has 1 saturated heterocycles. The second-order valence-electron chi connectivity index (χ2n) is 9.51. The van der Waals surface area contributed by atoms with Gasteiger partial charge in [0.15, 0.2) is 5.78 Å². The Morgan fingerprint density at radius 1 is 1.12 bits per heavy atom. The molecule has 32 heavy (non-hydrogen) atoms. The quantitative estimate of drug-likeness (QED) is 0.583. The van der Waals surface area contributed by atoms with Crippen LogP contribution in [0.5, 0.6) is 5.75 Å². The average Bonchev–Trinajstić information content (AvgIpc) is 3.26. The maximum absolute atomic E-state index is 12.9. The average molecular weight is 456 g/mol. The Bertz CT molecular complexity index is 899. The van der Waals surface area contributed by atoms with Gasteiger partial charge in [0.2, 0.25) is 0 Å². The summed E-state index contributed by atoms with van der Waals surface area (Å²) in [5, 5.41) is 0. The van der Waals surface area contributed by atoms with Crippen LogP contribution in [0.25, 0.3) is 0 Å². The van der Waals surface area contributed by atoms with Crippen LogP contribution >= 0.6 is 0 Å². The maximum Gasteiger partial charge on any atom is 0.168 e. The molecule has 1 N–H and O–H groups in total. The molecule has 174 valence electrons. The molecule has 1 aliphatic heterocycles. The summed E-state index contributed by atoms with van der Waals surface area (Å²) in [5.41, 5.74) is 3.91. The highest BCUT2D eigenvalue weighted by atomic mass is 35.5. The topological polar surface area (TPSA) is 30.7 Å². The number of ketones is 1. The standard InChI is InChI=1S/C28H37NO2.ClH/c1-3-19-31-25-12-7-10-23(20-25)28-15-8-11-24(28)21-29(18-16-28)17-14-27(30)26-13-6-5-9-22(26)4-2;/h5-7,9-10,12-13,20,24H,3-4,8,11,14-19,21H2,1-2H3;1H. The summed E-state index contributed by atoms with van der Waals surface area (Å²) in [6, 6.07) is 17.0. The van der Waals surface area contributed by atoms with Crippen LogP contribution in [-0.2, 0) is 11.8 Å². The second-order valence-corrected chi connectivity index (χ2v) is 9.51. The van der Waals surface area contributed by atoms with E-state index in [9.17, 15) is 4.79 Å². The fourth-order valence-electron chi connectivity index (χ4n) is 6.01. The number of halogens is 1. The van der Waals surface area contributed by atoms with Gasteiger partial charge < -0.3 is 22.0 Å². The zero-order chi connectivity index (χ0) is 21.7. The molecule has 0 spiro atoms. The third kappa shape index (κ3) is 5.21. The van der Waals surface area contributed by atoms with Crippen molar-refractivity contribution >= 4 is 5.78 Å². The minimum absolute atomic E-state index is 0. The number of carbonyl (C=O) groups excluding carboxylic acids is 1. The van der Waals surface area contributed by atoms with Crippen LogP contribution in [0.2, 0.25) is 0 Å². The first kappa shape index (κ1) is 24.8. The van der Waals surface area contributed by atoms with E-state index in [1.807, 2.05) is 18.2 Å². The molecule has 2 aromatic carbocycles. The minimum Gasteiger partial charge on any atom is -1.00 e. The SMILES string of the molecule is CCCOc1cccc(C23CCCC2C[NH+](CCC(=O)c2ccccc2CC)CC3)c1.[Cl-]. The number of hydrogen-bond donors (Lipinski definition) is 1. The minimum atomic E-state index is 0. The first-order valence-electron chi connectivity index (χ1n) is 12.3. The molecular weight excluding hydrogens is 418 g/mol. The van der Waals surface area contributed by atoms with Gasteiger partial charge in [-0.05, 0) is 48.9 Å². The number of fused-ring (bicyclic) bond motifs is 1. The van der Waals surface area contributed by atoms with E-state index < -0.39 is 0 Å². The Balaban J connectivity index is 0.00000289. The maximum atomic E-state index is 12.9. The smallest absolute Gasteiger partial charge is 0.168 e. The van der Waals surface area contributed by atoms with E-state index in [1.165, 1.54) is 49.9 Å². The largest absolute Gasteiger partial charge is 1.00 e. The van der Waals surface area contributed by atoms with E-state index in [2.05, 4.69) is 44.2 Å². The Morgan fingerprint density at radius 2 is 1.97 bits per heavy atom. The van der Waals surface area contributed by atoms with Gasteiger partial charge in [0, 0.05) is 23.3 Å². The number of piperidine rings is 1. The zero-order valence-corrected chi connectivity index (χ0v) is 20.4. The first-order chi connectivity index (χ1) is 15.2. The van der Waals surface area contributed by atoms with Crippen molar-refractivity contribution in [1.82, 2.24) is 0 Å². The summed E-state index contributed by atoms with van der Waals surface area (Å²) < 4.78 is 5.94. The van der Waals surface area contributed by atoms with E-state index in [4.69, 9.17) is 4.74 Å². The van der Waals surface area contributed by atoms with E-state index in [-0.39, 0.29) is 12.4 Å². The molecule has 0 amide bonds.